The Labute approximate surface area is 117 Å². The van der Waals surface area contributed by atoms with Crippen LogP contribution >= 0.6 is 0 Å². The number of nitrogens with one attached hydrogen (secondary N) is 1. The Hall–Kier alpha value is -2.43. The minimum atomic E-state index is -0.543. The standard InChI is InChI=1S/C15H17NO4/c1-9(14(10(2)16)15(18)19-4)12-5-7-13(8-6-12)20-11(3)17/h5-8,16H,1-4H3/b14-9-,16-10?. The highest BCUT2D eigenvalue weighted by Gasteiger charge is 2.16. The van der Waals surface area contributed by atoms with Crippen LogP contribution in [-0.4, -0.2) is 24.8 Å². The van der Waals surface area contributed by atoms with Gasteiger partial charge in [-0.25, -0.2) is 4.79 Å². The summed E-state index contributed by atoms with van der Waals surface area (Å²) in [6.07, 6.45) is 0. The zero-order chi connectivity index (χ0) is 15.3. The van der Waals surface area contributed by atoms with E-state index in [9.17, 15) is 9.59 Å². The second kappa shape index (κ2) is 6.65. The highest BCUT2D eigenvalue weighted by molar-refractivity contribution is 6.22. The van der Waals surface area contributed by atoms with Crippen molar-refractivity contribution in [3.05, 3.63) is 35.4 Å². The maximum atomic E-state index is 11.7. The van der Waals surface area contributed by atoms with Crippen molar-refractivity contribution >= 4 is 23.2 Å². The highest BCUT2D eigenvalue weighted by Crippen LogP contribution is 2.22. The molecule has 106 valence electrons. The molecule has 5 nitrogen and oxygen atoms in total. The fourth-order valence-corrected chi connectivity index (χ4v) is 1.77. The predicted molar refractivity (Wildman–Crippen MR) is 75.8 cm³/mol. The molecule has 0 saturated heterocycles. The number of methoxy groups -OCH3 is 1. The Balaban J connectivity index is 3.17. The summed E-state index contributed by atoms with van der Waals surface area (Å²) in [5, 5.41) is 7.67. The Kier molecular flexibility index (Phi) is 5.20. The van der Waals surface area contributed by atoms with Crippen LogP contribution in [0.25, 0.3) is 5.57 Å². The summed E-state index contributed by atoms with van der Waals surface area (Å²) in [5.74, 6) is -0.505. The van der Waals surface area contributed by atoms with E-state index >= 15 is 0 Å². The Bertz CT molecular complexity index is 570. The van der Waals surface area contributed by atoms with Crippen LogP contribution < -0.4 is 4.74 Å². The molecule has 0 atom stereocenters. The van der Waals surface area contributed by atoms with Crippen molar-refractivity contribution in [3.63, 3.8) is 0 Å². The van der Waals surface area contributed by atoms with Crippen LogP contribution in [0.15, 0.2) is 29.8 Å². The molecule has 5 heteroatoms. The van der Waals surface area contributed by atoms with Gasteiger partial charge in [0.2, 0.25) is 0 Å². The molecule has 0 unspecified atom stereocenters. The molecule has 1 rings (SSSR count). The van der Waals surface area contributed by atoms with Crippen molar-refractivity contribution in [3.8, 4) is 5.75 Å². The molecule has 0 bridgehead atoms. The van der Waals surface area contributed by atoms with Crippen LogP contribution in [-0.2, 0) is 14.3 Å². The summed E-state index contributed by atoms with van der Waals surface area (Å²) in [6, 6.07) is 6.71. The van der Waals surface area contributed by atoms with Gasteiger partial charge in [0.05, 0.1) is 12.7 Å². The number of hydrogen-bond donors (Lipinski definition) is 1. The maximum absolute atomic E-state index is 11.7. The number of carbonyl (C=O) groups is 2. The number of hydrogen-bond acceptors (Lipinski definition) is 5. The molecule has 0 radical (unpaired) electrons. The van der Waals surface area contributed by atoms with Crippen LogP contribution in [0.1, 0.15) is 26.3 Å². The van der Waals surface area contributed by atoms with E-state index in [2.05, 4.69) is 4.74 Å². The second-order valence-electron chi connectivity index (χ2n) is 4.23. The quantitative estimate of drug-likeness (QED) is 0.396. The molecule has 0 aliphatic rings. The molecular formula is C15H17NO4. The molecular weight excluding hydrogens is 258 g/mol. The first-order valence-electron chi connectivity index (χ1n) is 6.00. The van der Waals surface area contributed by atoms with Crippen LogP contribution in [0.5, 0.6) is 5.75 Å². The van der Waals surface area contributed by atoms with Gasteiger partial charge in [-0.15, -0.1) is 0 Å². The molecule has 1 aromatic rings. The lowest BCUT2D eigenvalue weighted by atomic mass is 9.98. The number of esters is 2. The zero-order valence-corrected chi connectivity index (χ0v) is 11.9. The average molecular weight is 275 g/mol. The molecule has 0 amide bonds. The van der Waals surface area contributed by atoms with Gasteiger partial charge in [-0.3, -0.25) is 4.79 Å². The predicted octanol–water partition coefficient (Wildman–Crippen LogP) is 2.60. The molecule has 0 saturated carbocycles. The summed E-state index contributed by atoms with van der Waals surface area (Å²) in [5.41, 5.74) is 1.76. The van der Waals surface area contributed by atoms with Gasteiger partial charge in [0, 0.05) is 12.6 Å². The Morgan fingerprint density at radius 1 is 1.05 bits per heavy atom. The van der Waals surface area contributed by atoms with Gasteiger partial charge in [0.1, 0.15) is 5.75 Å². The van der Waals surface area contributed by atoms with Crippen LogP contribution in [0.4, 0.5) is 0 Å². The minimum Gasteiger partial charge on any atom is -0.465 e. The summed E-state index contributed by atoms with van der Waals surface area (Å²) in [6.45, 7) is 4.60. The van der Waals surface area contributed by atoms with Crippen LogP contribution in [0, 0.1) is 5.41 Å². The number of rotatable bonds is 4. The van der Waals surface area contributed by atoms with Crippen LogP contribution in [0.2, 0.25) is 0 Å². The van der Waals surface area contributed by atoms with Gasteiger partial charge in [0.25, 0.3) is 0 Å². The van der Waals surface area contributed by atoms with E-state index in [0.717, 1.165) is 5.56 Å². The van der Waals surface area contributed by atoms with Crippen molar-refractivity contribution < 1.29 is 19.1 Å². The number of ether oxygens (including phenoxy) is 2. The van der Waals surface area contributed by atoms with Gasteiger partial charge < -0.3 is 14.9 Å². The molecule has 0 fully saturated rings. The van der Waals surface area contributed by atoms with E-state index in [1.54, 1.807) is 31.2 Å². The first kappa shape index (κ1) is 15.6. The number of allylic oxidation sites excluding steroid dienone is 1. The average Bonchev–Trinajstić information content (AvgIpc) is 2.38. The topological polar surface area (TPSA) is 76.5 Å². The summed E-state index contributed by atoms with van der Waals surface area (Å²) in [7, 11) is 1.28. The Morgan fingerprint density at radius 2 is 1.60 bits per heavy atom. The first-order chi connectivity index (χ1) is 9.36. The second-order valence-corrected chi connectivity index (χ2v) is 4.23. The molecule has 0 heterocycles. The van der Waals surface area contributed by atoms with E-state index in [4.69, 9.17) is 10.1 Å². The molecule has 1 N–H and O–H groups in total. The lowest BCUT2D eigenvalue weighted by Crippen LogP contribution is -2.13. The fraction of sp³-hybridized carbons (Fsp3) is 0.267. The van der Waals surface area contributed by atoms with Gasteiger partial charge in [0.15, 0.2) is 0 Å². The first-order valence-corrected chi connectivity index (χ1v) is 6.00. The lowest BCUT2D eigenvalue weighted by molar-refractivity contribution is -0.135. The maximum Gasteiger partial charge on any atom is 0.339 e. The molecule has 0 aromatic heterocycles. The van der Waals surface area contributed by atoms with Crippen molar-refractivity contribution in [1.82, 2.24) is 0 Å². The van der Waals surface area contributed by atoms with Crippen molar-refractivity contribution in [2.45, 2.75) is 20.8 Å². The summed E-state index contributed by atoms with van der Waals surface area (Å²) >= 11 is 0. The van der Waals surface area contributed by atoms with Crippen molar-refractivity contribution in [1.29, 1.82) is 5.41 Å². The molecule has 0 aliphatic carbocycles. The lowest BCUT2D eigenvalue weighted by Gasteiger charge is -2.10. The SMILES string of the molecule is COC(=O)/C(C(C)=N)=C(/C)c1ccc(OC(C)=O)cc1. The van der Waals surface area contributed by atoms with Crippen LogP contribution in [0.3, 0.4) is 0 Å². The van der Waals surface area contributed by atoms with E-state index in [1.807, 2.05) is 0 Å². The zero-order valence-electron chi connectivity index (χ0n) is 11.9. The van der Waals surface area contributed by atoms with Crippen molar-refractivity contribution in [2.75, 3.05) is 7.11 Å². The fourth-order valence-electron chi connectivity index (χ4n) is 1.77. The van der Waals surface area contributed by atoms with Gasteiger partial charge in [-0.2, -0.15) is 0 Å². The van der Waals surface area contributed by atoms with Gasteiger partial charge >= 0.3 is 11.9 Å². The third-order valence-corrected chi connectivity index (χ3v) is 2.69. The van der Waals surface area contributed by atoms with E-state index in [0.29, 0.717) is 11.3 Å². The summed E-state index contributed by atoms with van der Waals surface area (Å²) in [4.78, 5) is 22.5. The van der Waals surface area contributed by atoms with E-state index in [-0.39, 0.29) is 11.3 Å². The van der Waals surface area contributed by atoms with E-state index < -0.39 is 11.9 Å². The third-order valence-electron chi connectivity index (χ3n) is 2.69. The largest absolute Gasteiger partial charge is 0.465 e. The van der Waals surface area contributed by atoms with Crippen molar-refractivity contribution in [2.24, 2.45) is 0 Å². The monoisotopic (exact) mass is 275 g/mol. The smallest absolute Gasteiger partial charge is 0.339 e. The molecule has 0 aliphatic heterocycles. The highest BCUT2D eigenvalue weighted by atomic mass is 16.5. The third kappa shape index (κ3) is 3.78. The number of carbonyl (C=O) groups excluding carboxylic acids is 2. The van der Waals surface area contributed by atoms with Gasteiger partial charge in [-0.05, 0) is 37.1 Å². The molecule has 20 heavy (non-hydrogen) atoms. The Morgan fingerprint density at radius 3 is 2.00 bits per heavy atom. The van der Waals surface area contributed by atoms with Gasteiger partial charge in [-0.1, -0.05) is 12.1 Å². The van der Waals surface area contributed by atoms with E-state index in [1.165, 1.54) is 21.0 Å². The summed E-state index contributed by atoms with van der Waals surface area (Å²) < 4.78 is 9.62. The minimum absolute atomic E-state index is 0.137. The number of benzene rings is 1. The normalized spacial score (nSPS) is 11.4. The molecule has 1 aromatic carbocycles. The molecule has 0 spiro atoms.